The van der Waals surface area contributed by atoms with Crippen LogP contribution < -0.4 is 22.1 Å². The SMILES string of the molecule is N.NC1CCCC1.O=C([O-])C[C@H](O)C(=O)[O-].[Pt+2]. The van der Waals surface area contributed by atoms with E-state index in [0.717, 1.165) is 0 Å². The van der Waals surface area contributed by atoms with Gasteiger partial charge in [0.15, 0.2) is 0 Å². The van der Waals surface area contributed by atoms with Crippen LogP contribution >= 0.6 is 0 Å². The fourth-order valence-electron chi connectivity index (χ4n) is 1.20. The average molecular weight is 429 g/mol. The molecule has 0 aliphatic heterocycles. The Kier molecular flexibility index (Phi) is 15.3. The van der Waals surface area contributed by atoms with E-state index in [0.29, 0.717) is 6.04 Å². The van der Waals surface area contributed by atoms with Crippen molar-refractivity contribution in [3.05, 3.63) is 0 Å². The molecule has 7 nitrogen and oxygen atoms in total. The Morgan fingerprint density at radius 1 is 1.29 bits per heavy atom. The van der Waals surface area contributed by atoms with Crippen LogP contribution in [0.4, 0.5) is 0 Å². The maximum absolute atomic E-state index is 9.58. The van der Waals surface area contributed by atoms with E-state index >= 15 is 0 Å². The van der Waals surface area contributed by atoms with Crippen LogP contribution in [0.15, 0.2) is 0 Å². The Balaban J connectivity index is -0.000000216. The summed E-state index contributed by atoms with van der Waals surface area (Å²) in [6.45, 7) is 0. The van der Waals surface area contributed by atoms with Crippen molar-refractivity contribution in [3.8, 4) is 0 Å². The van der Waals surface area contributed by atoms with E-state index in [1.54, 1.807) is 0 Å². The maximum atomic E-state index is 9.58. The van der Waals surface area contributed by atoms with Gasteiger partial charge in [-0.25, -0.2) is 0 Å². The normalized spacial score (nSPS) is 15.6. The predicted octanol–water partition coefficient (Wildman–Crippen LogP) is -2.72. The number of aliphatic hydroxyl groups excluding tert-OH is 1. The van der Waals surface area contributed by atoms with Gasteiger partial charge in [0, 0.05) is 18.4 Å². The molecular formula is C9H18N2O5Pt. The number of carboxylic acid groups (broad SMARTS) is 2. The number of hydrogen-bond donors (Lipinski definition) is 3. The first kappa shape index (κ1) is 21.8. The van der Waals surface area contributed by atoms with Crippen molar-refractivity contribution in [2.45, 2.75) is 44.2 Å². The summed E-state index contributed by atoms with van der Waals surface area (Å²) in [7, 11) is 0. The molecule has 1 atom stereocenters. The van der Waals surface area contributed by atoms with Gasteiger partial charge >= 0.3 is 21.1 Å². The molecule has 0 spiro atoms. The number of nitrogens with two attached hydrogens (primary N) is 1. The van der Waals surface area contributed by atoms with Crippen LogP contribution in [0.2, 0.25) is 0 Å². The number of rotatable bonds is 3. The molecule has 8 heteroatoms. The van der Waals surface area contributed by atoms with Crippen molar-refractivity contribution in [2.24, 2.45) is 5.73 Å². The molecule has 1 saturated carbocycles. The van der Waals surface area contributed by atoms with Gasteiger partial charge in [-0.1, -0.05) is 12.8 Å². The van der Waals surface area contributed by atoms with E-state index in [9.17, 15) is 19.8 Å². The Labute approximate surface area is 114 Å². The van der Waals surface area contributed by atoms with Gasteiger partial charge in [0.1, 0.15) is 0 Å². The molecule has 1 aliphatic carbocycles. The largest absolute Gasteiger partial charge is 2.00 e. The zero-order chi connectivity index (χ0) is 11.8. The first-order chi connectivity index (χ1) is 6.93. The molecule has 0 amide bonds. The molecule has 1 aliphatic rings. The minimum absolute atomic E-state index is 0. The van der Waals surface area contributed by atoms with Gasteiger partial charge in [-0.3, -0.25) is 0 Å². The van der Waals surface area contributed by atoms with Crippen LogP contribution in [0.25, 0.3) is 0 Å². The van der Waals surface area contributed by atoms with Gasteiger partial charge in [0.05, 0.1) is 12.1 Å². The fraction of sp³-hybridized carbons (Fsp3) is 0.778. The van der Waals surface area contributed by atoms with Crippen molar-refractivity contribution in [1.82, 2.24) is 6.15 Å². The Morgan fingerprint density at radius 2 is 1.71 bits per heavy atom. The molecule has 0 unspecified atom stereocenters. The van der Waals surface area contributed by atoms with Gasteiger partial charge in [-0.15, -0.1) is 0 Å². The standard InChI is InChI=1S/C5H11N.C4H6O5.H3N.Pt/c6-5-3-1-2-4-5;5-2(4(8)9)1-3(6)7;;/h5H,1-4,6H2;2,5H,1H2,(H,6,7)(H,8,9);1H3;/q;;;+2/p-2/t;2-;;/m.0../s1. The van der Waals surface area contributed by atoms with E-state index in [2.05, 4.69) is 0 Å². The molecule has 0 bridgehead atoms. The van der Waals surface area contributed by atoms with Crippen LogP contribution in [-0.2, 0) is 30.7 Å². The Morgan fingerprint density at radius 3 is 1.82 bits per heavy atom. The van der Waals surface area contributed by atoms with Crippen molar-refractivity contribution >= 4 is 11.9 Å². The predicted molar refractivity (Wildman–Crippen MR) is 52.1 cm³/mol. The molecule has 17 heavy (non-hydrogen) atoms. The summed E-state index contributed by atoms with van der Waals surface area (Å²) in [6, 6.07) is 0.546. The second-order valence-electron chi connectivity index (χ2n) is 3.46. The first-order valence-corrected chi connectivity index (χ1v) is 4.78. The molecule has 1 rings (SSSR count). The van der Waals surface area contributed by atoms with Crippen molar-refractivity contribution in [3.63, 3.8) is 0 Å². The zero-order valence-corrected chi connectivity index (χ0v) is 11.6. The zero-order valence-electron chi connectivity index (χ0n) is 9.37. The number of aliphatic hydroxyl groups is 1. The van der Waals surface area contributed by atoms with Crippen molar-refractivity contribution in [2.75, 3.05) is 0 Å². The summed E-state index contributed by atoms with van der Waals surface area (Å²) in [5.74, 6) is -3.43. The van der Waals surface area contributed by atoms with E-state index in [-0.39, 0.29) is 27.2 Å². The molecule has 0 aromatic rings. The van der Waals surface area contributed by atoms with Gasteiger partial charge in [-0.2, -0.15) is 0 Å². The van der Waals surface area contributed by atoms with E-state index in [4.69, 9.17) is 10.8 Å². The van der Waals surface area contributed by atoms with E-state index in [1.165, 1.54) is 25.7 Å². The van der Waals surface area contributed by atoms with Gasteiger partial charge in [0.25, 0.3) is 0 Å². The smallest absolute Gasteiger partial charge is 0.550 e. The van der Waals surface area contributed by atoms with Crippen LogP contribution in [-0.4, -0.2) is 29.2 Å². The second kappa shape index (κ2) is 12.0. The first-order valence-electron chi connectivity index (χ1n) is 4.78. The van der Waals surface area contributed by atoms with Gasteiger partial charge in [-0.05, 0) is 12.8 Å². The van der Waals surface area contributed by atoms with Crippen LogP contribution in [0, 0.1) is 0 Å². The average Bonchev–Trinajstić information content (AvgIpc) is 2.55. The minimum Gasteiger partial charge on any atom is -0.550 e. The fourth-order valence-corrected chi connectivity index (χ4v) is 1.20. The third-order valence-corrected chi connectivity index (χ3v) is 2.03. The Bertz CT molecular complexity index is 221. The van der Waals surface area contributed by atoms with E-state index < -0.39 is 24.5 Å². The molecule has 0 heterocycles. The third-order valence-electron chi connectivity index (χ3n) is 2.03. The van der Waals surface area contributed by atoms with Crippen LogP contribution in [0.5, 0.6) is 0 Å². The molecule has 0 aromatic carbocycles. The molecule has 1 fully saturated rings. The second-order valence-corrected chi connectivity index (χ2v) is 3.46. The quantitative estimate of drug-likeness (QED) is 0.439. The number of aliphatic carboxylic acids is 2. The van der Waals surface area contributed by atoms with Gasteiger partial charge in [0.2, 0.25) is 0 Å². The molecule has 0 radical (unpaired) electrons. The summed E-state index contributed by atoms with van der Waals surface area (Å²) >= 11 is 0. The summed E-state index contributed by atoms with van der Waals surface area (Å²) in [6.07, 6.45) is 2.36. The summed E-state index contributed by atoms with van der Waals surface area (Å²) in [4.78, 5) is 19.1. The van der Waals surface area contributed by atoms with Crippen molar-refractivity contribution in [1.29, 1.82) is 0 Å². The molecule has 0 aromatic heterocycles. The number of carbonyl (C=O) groups is 2. The van der Waals surface area contributed by atoms with Crippen LogP contribution in [0.1, 0.15) is 32.1 Å². The molecular weight excluding hydrogens is 411 g/mol. The summed E-state index contributed by atoms with van der Waals surface area (Å²) < 4.78 is 0. The summed E-state index contributed by atoms with van der Waals surface area (Å²) in [5.41, 5.74) is 5.53. The van der Waals surface area contributed by atoms with Crippen LogP contribution in [0.3, 0.4) is 0 Å². The summed E-state index contributed by atoms with van der Waals surface area (Å²) in [5, 5.41) is 27.3. The molecule has 104 valence electrons. The minimum atomic E-state index is -1.96. The number of hydrogen-bond acceptors (Lipinski definition) is 7. The molecule has 0 saturated heterocycles. The van der Waals surface area contributed by atoms with Crippen molar-refractivity contribution < 1.29 is 46.0 Å². The maximum Gasteiger partial charge on any atom is 2.00 e. The van der Waals surface area contributed by atoms with E-state index in [1.807, 2.05) is 0 Å². The Hall–Kier alpha value is -0.492. The molecule has 6 N–H and O–H groups in total. The topological polar surface area (TPSA) is 162 Å². The third kappa shape index (κ3) is 13.4. The number of carboxylic acids is 2. The van der Waals surface area contributed by atoms with Gasteiger partial charge < -0.3 is 36.8 Å². The monoisotopic (exact) mass is 429 g/mol. The number of carbonyl (C=O) groups excluding carboxylic acids is 2.